The smallest absolute Gasteiger partial charge is 0.408 e. The number of carboxylic acids is 1. The van der Waals surface area contributed by atoms with E-state index in [1.54, 1.807) is 53.7 Å². The fraction of sp³-hybridized carbons (Fsp3) is 0.375. The molecular weight excluding hydrogens is 935 g/mol. The number of amides is 2. The molecule has 11 nitrogen and oxygen atoms in total. The minimum Gasteiger partial charge on any atom is -0.479 e. The lowest BCUT2D eigenvalue weighted by molar-refractivity contribution is -0.139. The zero-order valence-corrected chi connectivity index (χ0v) is 42.2. The summed E-state index contributed by atoms with van der Waals surface area (Å²) in [6.07, 6.45) is 1.06. The summed E-state index contributed by atoms with van der Waals surface area (Å²) in [5, 5.41) is 14.0. The van der Waals surface area contributed by atoms with Gasteiger partial charge in [0.05, 0.1) is 6.04 Å². The van der Waals surface area contributed by atoms with Crippen LogP contribution >= 0.6 is 12.4 Å². The van der Waals surface area contributed by atoms with Gasteiger partial charge in [-0.1, -0.05) is 98.8 Å². The first-order chi connectivity index (χ1) is 32.9. The molecule has 5 aromatic rings. The van der Waals surface area contributed by atoms with Crippen molar-refractivity contribution in [3.05, 3.63) is 178 Å². The summed E-state index contributed by atoms with van der Waals surface area (Å²) in [6.45, 7) is 14.6. The van der Waals surface area contributed by atoms with Crippen molar-refractivity contribution in [3.63, 3.8) is 0 Å². The number of ether oxygens (including phenoxy) is 2. The van der Waals surface area contributed by atoms with E-state index in [-0.39, 0.29) is 47.2 Å². The van der Waals surface area contributed by atoms with Crippen LogP contribution in [0.25, 0.3) is 0 Å². The molecule has 0 aliphatic heterocycles. The van der Waals surface area contributed by atoms with Crippen LogP contribution < -0.4 is 16.4 Å². The van der Waals surface area contributed by atoms with Crippen molar-refractivity contribution in [2.24, 2.45) is 17.6 Å². The lowest BCUT2D eigenvalue weighted by Gasteiger charge is -2.25. The van der Waals surface area contributed by atoms with E-state index in [9.17, 15) is 37.1 Å². The first-order valence-corrected chi connectivity index (χ1v) is 23.3. The molecule has 0 saturated carbocycles. The van der Waals surface area contributed by atoms with Gasteiger partial charge >= 0.3 is 18.2 Å². The molecule has 0 saturated heterocycles. The van der Waals surface area contributed by atoms with E-state index < -0.39 is 59.1 Å². The number of hydrogen-bond acceptors (Lipinski definition) is 8. The molecule has 380 valence electrons. The van der Waals surface area contributed by atoms with Gasteiger partial charge in [-0.25, -0.2) is 27.6 Å². The van der Waals surface area contributed by atoms with Gasteiger partial charge in [0.1, 0.15) is 34.7 Å². The van der Waals surface area contributed by atoms with Crippen LogP contribution in [0.3, 0.4) is 0 Å². The Morgan fingerprint density at radius 3 is 1.27 bits per heavy atom. The third-order valence-corrected chi connectivity index (χ3v) is 12.3. The Bertz CT molecular complexity index is 2600. The van der Waals surface area contributed by atoms with Gasteiger partial charge in [0.15, 0.2) is 17.6 Å². The van der Waals surface area contributed by atoms with Gasteiger partial charge in [-0.15, -0.1) is 12.4 Å². The molecule has 0 bridgehead atoms. The number of carbonyl (C=O) groups excluding carboxylic acids is 4. The summed E-state index contributed by atoms with van der Waals surface area (Å²) in [7, 11) is 0. The molecule has 5 N–H and O–H groups in total. The number of fused-ring (bicyclic) bond motifs is 2. The zero-order valence-electron chi connectivity index (χ0n) is 41.3. The number of Topliss-reactive ketones (excluding diaryl/α,β-unsaturated/α-hetero) is 2. The third kappa shape index (κ3) is 16.8. The number of carbonyl (C=O) groups is 5. The molecular formula is C56H65ClF3N3O8. The predicted molar refractivity (Wildman–Crippen MR) is 269 cm³/mol. The highest BCUT2D eigenvalue weighted by atomic mass is 35.5. The molecule has 0 aromatic heterocycles. The van der Waals surface area contributed by atoms with Gasteiger partial charge in [-0.3, -0.25) is 9.59 Å². The van der Waals surface area contributed by atoms with Gasteiger partial charge in [-0.05, 0) is 153 Å². The van der Waals surface area contributed by atoms with Crippen molar-refractivity contribution in [1.29, 1.82) is 0 Å². The van der Waals surface area contributed by atoms with Crippen molar-refractivity contribution in [3.8, 4) is 0 Å². The third-order valence-electron chi connectivity index (χ3n) is 12.3. The fourth-order valence-electron chi connectivity index (χ4n) is 8.67. The summed E-state index contributed by atoms with van der Waals surface area (Å²) in [5.41, 5.74) is 11.4. The van der Waals surface area contributed by atoms with Crippen molar-refractivity contribution >= 4 is 42.1 Å². The molecule has 0 spiro atoms. The quantitative estimate of drug-likeness (QED) is 0.0948. The molecule has 71 heavy (non-hydrogen) atoms. The molecule has 7 atom stereocenters. The maximum Gasteiger partial charge on any atom is 0.408 e. The first-order valence-electron chi connectivity index (χ1n) is 23.3. The number of halogens is 4. The highest BCUT2D eigenvalue weighted by Gasteiger charge is 2.35. The topological polar surface area (TPSA) is 174 Å². The Balaban J connectivity index is 0.000000236. The van der Waals surface area contributed by atoms with Crippen LogP contribution in [0.5, 0.6) is 0 Å². The number of hydrogen-bond donors (Lipinski definition) is 4. The second-order valence-electron chi connectivity index (χ2n) is 19.9. The second-order valence-corrected chi connectivity index (χ2v) is 19.9. The normalized spacial score (nSPS) is 17.9. The molecule has 2 amide bonds. The van der Waals surface area contributed by atoms with Gasteiger partial charge in [-0.2, -0.15) is 0 Å². The molecule has 2 aliphatic rings. The number of nitrogens with one attached hydrogen (secondary N) is 2. The molecule has 0 fully saturated rings. The molecule has 15 heteroatoms. The lowest BCUT2D eigenvalue weighted by Crippen LogP contribution is -2.38. The molecule has 0 heterocycles. The van der Waals surface area contributed by atoms with Crippen LogP contribution in [-0.2, 0) is 36.7 Å². The van der Waals surface area contributed by atoms with Gasteiger partial charge < -0.3 is 30.9 Å². The van der Waals surface area contributed by atoms with E-state index in [1.807, 2.05) is 24.3 Å². The number of aliphatic carboxylic acids is 1. The van der Waals surface area contributed by atoms with E-state index in [1.165, 1.54) is 70.8 Å². The zero-order chi connectivity index (χ0) is 51.5. The van der Waals surface area contributed by atoms with Gasteiger partial charge in [0.2, 0.25) is 0 Å². The number of rotatable bonds is 12. The average molecular weight is 1000 g/mol. The Labute approximate surface area is 420 Å². The number of alkyl carbamates (subject to hydrolysis) is 2. The van der Waals surface area contributed by atoms with Crippen LogP contribution in [-0.4, -0.2) is 46.0 Å². The number of nitrogens with two attached hydrogens (primary N) is 1. The Kier molecular flexibility index (Phi) is 20.1. The van der Waals surface area contributed by atoms with Crippen molar-refractivity contribution < 1.29 is 51.7 Å². The summed E-state index contributed by atoms with van der Waals surface area (Å²) in [4.78, 5) is 60.7. The minimum atomic E-state index is -1.28. The van der Waals surface area contributed by atoms with Crippen molar-refractivity contribution in [1.82, 2.24) is 10.6 Å². The standard InChI is InChI=1S/C24H28FNO3.C19H20FNO.C13H16FNO4.ClH/c1-15-18(13-17-7-5-6-8-20(15)17)14-21(27)22(16-9-11-19(25)12-10-16)26-23(28)29-24(2,3)4;1-12-15(10-14-4-2-3-5-17(12)14)11-18(22)19(21)13-6-8-16(20)9-7-13;1-13(2,3)19-12(18)15-10(11(16)17)8-4-6-9(14)7-5-8;/h5-12,15,18,22H,13-14H2,1-4H3,(H,26,28);2-9,12,15,19H,10-11,21H2,1H3;4-7,10H,1-3H3,(H,15,18)(H,16,17);1H/t15?,18?,22-;12?,15?,19-;10-;/m000./s1. The fourth-order valence-corrected chi connectivity index (χ4v) is 8.67. The van der Waals surface area contributed by atoms with E-state index in [2.05, 4.69) is 48.7 Å². The molecule has 4 unspecified atom stereocenters. The van der Waals surface area contributed by atoms with Crippen LogP contribution in [0, 0.1) is 29.3 Å². The van der Waals surface area contributed by atoms with E-state index in [4.69, 9.17) is 20.3 Å². The van der Waals surface area contributed by atoms with Crippen LogP contribution in [0.4, 0.5) is 22.8 Å². The van der Waals surface area contributed by atoms with E-state index in [0.29, 0.717) is 35.8 Å². The molecule has 7 rings (SSSR count). The van der Waals surface area contributed by atoms with Crippen molar-refractivity contribution in [2.45, 2.75) is 122 Å². The van der Waals surface area contributed by atoms with Crippen LogP contribution in [0.2, 0.25) is 0 Å². The van der Waals surface area contributed by atoms with E-state index >= 15 is 0 Å². The highest BCUT2D eigenvalue weighted by Crippen LogP contribution is 2.41. The average Bonchev–Trinajstić information content (AvgIpc) is 3.78. The highest BCUT2D eigenvalue weighted by molar-refractivity contribution is 5.89. The lowest BCUT2D eigenvalue weighted by atomic mass is 9.87. The van der Waals surface area contributed by atoms with Gasteiger partial charge in [0, 0.05) is 12.8 Å². The molecule has 0 radical (unpaired) electrons. The van der Waals surface area contributed by atoms with Crippen molar-refractivity contribution in [2.75, 3.05) is 0 Å². The van der Waals surface area contributed by atoms with Crippen LogP contribution in [0.15, 0.2) is 121 Å². The van der Waals surface area contributed by atoms with Crippen LogP contribution in [0.1, 0.15) is 137 Å². The van der Waals surface area contributed by atoms with E-state index in [0.717, 1.165) is 25.0 Å². The predicted octanol–water partition coefficient (Wildman–Crippen LogP) is 12.0. The first kappa shape index (κ1) is 57.1. The SMILES string of the molecule is CC(C)(C)OC(=O)N[C@H](C(=O)O)c1ccc(F)cc1.CC1c2ccccc2CC1CC(=O)[C@@H](N)c1ccc(F)cc1.CC1c2ccccc2CC1CC(=O)[C@@H](NC(=O)OC(C)(C)C)c1ccc(F)cc1.Cl. The monoisotopic (exact) mass is 999 g/mol. The second kappa shape index (κ2) is 25.0. The summed E-state index contributed by atoms with van der Waals surface area (Å²) < 4.78 is 49.4. The Morgan fingerprint density at radius 1 is 0.563 bits per heavy atom. The summed E-state index contributed by atoms with van der Waals surface area (Å²) in [6, 6.07) is 30.1. The largest absolute Gasteiger partial charge is 0.479 e. The Hall–Kier alpha value is -6.51. The molecule has 2 aliphatic carbocycles. The Morgan fingerprint density at radius 2 is 0.901 bits per heavy atom. The molecule has 5 aromatic carbocycles. The van der Waals surface area contributed by atoms with Gasteiger partial charge in [0.25, 0.3) is 0 Å². The summed E-state index contributed by atoms with van der Waals surface area (Å²) in [5.74, 6) is -1.41. The maximum atomic E-state index is 13.4. The minimum absolute atomic E-state index is 0. The summed E-state index contributed by atoms with van der Waals surface area (Å²) >= 11 is 0. The number of ketones is 2. The number of carboxylic acid groups (broad SMARTS) is 1. The maximum absolute atomic E-state index is 13.4. The number of benzene rings is 5.